The van der Waals surface area contributed by atoms with Gasteiger partial charge >= 0.3 is 0 Å². The van der Waals surface area contributed by atoms with Crippen LogP contribution in [-0.4, -0.2) is 49.1 Å². The molecule has 0 radical (unpaired) electrons. The molecule has 6 nitrogen and oxygen atoms in total. The van der Waals surface area contributed by atoms with Crippen molar-refractivity contribution >= 4 is 40.0 Å². The third kappa shape index (κ3) is 3.90. The third-order valence-electron chi connectivity index (χ3n) is 4.63. The summed E-state index contributed by atoms with van der Waals surface area (Å²) in [6.07, 6.45) is 0. The second kappa shape index (κ2) is 8.74. The first kappa shape index (κ1) is 20.3. The van der Waals surface area contributed by atoms with E-state index in [0.29, 0.717) is 11.3 Å². The molecule has 0 unspecified atom stereocenters. The van der Waals surface area contributed by atoms with Gasteiger partial charge in [-0.25, -0.2) is 0 Å². The number of aliphatic hydroxyl groups excluding tert-OH is 1. The van der Waals surface area contributed by atoms with Crippen LogP contribution in [0.4, 0.5) is 0 Å². The Morgan fingerprint density at radius 2 is 1.71 bits per heavy atom. The number of carbonyl (C=O) groups is 2. The lowest BCUT2D eigenvalue weighted by Crippen LogP contribution is -2.32. The van der Waals surface area contributed by atoms with Gasteiger partial charge in [-0.15, -0.1) is 0 Å². The van der Waals surface area contributed by atoms with E-state index < -0.39 is 17.7 Å². The van der Waals surface area contributed by atoms with Crippen molar-refractivity contribution in [3.63, 3.8) is 0 Å². The molecule has 0 bridgehead atoms. The van der Waals surface area contributed by atoms with Crippen molar-refractivity contribution in [3.05, 3.63) is 68.8 Å². The zero-order valence-electron chi connectivity index (χ0n) is 15.5. The highest BCUT2D eigenvalue weighted by Gasteiger charge is 2.45. The molecule has 1 saturated heterocycles. The summed E-state index contributed by atoms with van der Waals surface area (Å²) in [5.41, 5.74) is 1.28. The van der Waals surface area contributed by atoms with Crippen molar-refractivity contribution in [1.82, 2.24) is 4.90 Å². The predicted molar refractivity (Wildman–Crippen MR) is 113 cm³/mol. The van der Waals surface area contributed by atoms with Gasteiger partial charge in [0.2, 0.25) is 0 Å². The van der Waals surface area contributed by atoms with E-state index in [9.17, 15) is 14.7 Å². The van der Waals surface area contributed by atoms with Gasteiger partial charge in [0, 0.05) is 22.8 Å². The molecule has 0 saturated carbocycles. The highest BCUT2D eigenvalue weighted by Crippen LogP contribution is 2.39. The van der Waals surface area contributed by atoms with E-state index in [4.69, 9.17) is 9.47 Å². The number of rotatable bonds is 6. The smallest absolute Gasteiger partial charge is 0.295 e. The van der Waals surface area contributed by atoms with Gasteiger partial charge in [0.05, 0.1) is 25.3 Å². The summed E-state index contributed by atoms with van der Waals surface area (Å²) < 4.78 is 11.3. The highest BCUT2D eigenvalue weighted by atomic mass is 127. The summed E-state index contributed by atoms with van der Waals surface area (Å²) in [4.78, 5) is 26.9. The van der Waals surface area contributed by atoms with Crippen molar-refractivity contribution in [2.24, 2.45) is 0 Å². The fraction of sp³-hybridized carbons (Fsp3) is 0.238. The Labute approximate surface area is 176 Å². The van der Waals surface area contributed by atoms with Crippen LogP contribution in [-0.2, 0) is 14.3 Å². The van der Waals surface area contributed by atoms with Gasteiger partial charge in [0.25, 0.3) is 11.7 Å². The molecule has 1 fully saturated rings. The number of Topliss-reactive ketones (excluding diaryl/α,β-unsaturated/α-hetero) is 1. The zero-order valence-corrected chi connectivity index (χ0v) is 17.7. The Morgan fingerprint density at radius 1 is 1.07 bits per heavy atom. The predicted octanol–water partition coefficient (Wildman–Crippen LogP) is 3.37. The van der Waals surface area contributed by atoms with Gasteiger partial charge < -0.3 is 19.5 Å². The lowest BCUT2D eigenvalue weighted by molar-refractivity contribution is -0.140. The molecule has 1 N–H and O–H groups in total. The number of hydrogen-bond donors (Lipinski definition) is 1. The summed E-state index contributed by atoms with van der Waals surface area (Å²) in [6.45, 7) is 0.535. The maximum atomic E-state index is 12.8. The van der Waals surface area contributed by atoms with E-state index in [0.717, 1.165) is 9.13 Å². The van der Waals surface area contributed by atoms with Crippen LogP contribution in [0, 0.1) is 3.57 Å². The minimum absolute atomic E-state index is 0.0764. The summed E-state index contributed by atoms with van der Waals surface area (Å²) in [7, 11) is 3.08. The van der Waals surface area contributed by atoms with Gasteiger partial charge in [0.15, 0.2) is 0 Å². The number of ketones is 1. The fourth-order valence-electron chi connectivity index (χ4n) is 3.20. The van der Waals surface area contributed by atoms with Gasteiger partial charge in [-0.05, 0) is 64.6 Å². The average Bonchev–Trinajstić information content (AvgIpc) is 2.97. The number of carbonyl (C=O) groups excluding carboxylic acids is 2. The van der Waals surface area contributed by atoms with Crippen LogP contribution in [0.25, 0.3) is 5.76 Å². The normalized spacial score (nSPS) is 18.5. The van der Waals surface area contributed by atoms with Crippen LogP contribution in [0.2, 0.25) is 0 Å². The number of likely N-dealkylation sites (tertiary alicyclic amines) is 1. The second-order valence-electron chi connectivity index (χ2n) is 6.27. The minimum Gasteiger partial charge on any atom is -0.507 e. The fourth-order valence-corrected chi connectivity index (χ4v) is 3.56. The van der Waals surface area contributed by atoms with Crippen LogP contribution in [0.15, 0.2) is 54.1 Å². The lowest BCUT2D eigenvalue weighted by atomic mass is 9.95. The second-order valence-corrected chi connectivity index (χ2v) is 7.51. The molecule has 1 amide bonds. The standard InChI is InChI=1S/C21H20INO5/c1-27-12-11-23-18(13-3-7-15(22)8-4-13)17(20(25)21(23)26)19(24)14-5-9-16(28-2)10-6-14/h3-10,18,24H,11-12H2,1-2H3/t18-/m0/s1. The highest BCUT2D eigenvalue weighted by molar-refractivity contribution is 14.1. The molecule has 3 rings (SSSR count). The van der Waals surface area contributed by atoms with Crippen LogP contribution in [0.1, 0.15) is 17.2 Å². The average molecular weight is 493 g/mol. The molecule has 0 aliphatic carbocycles. The zero-order chi connectivity index (χ0) is 20.3. The summed E-state index contributed by atoms with van der Waals surface area (Å²) in [6, 6.07) is 13.5. The first-order valence-corrected chi connectivity index (χ1v) is 9.73. The van der Waals surface area contributed by atoms with Crippen LogP contribution in [0.3, 0.4) is 0 Å². The van der Waals surface area contributed by atoms with Crippen LogP contribution in [0.5, 0.6) is 5.75 Å². The van der Waals surface area contributed by atoms with Crippen LogP contribution < -0.4 is 4.74 Å². The Hall–Kier alpha value is -2.39. The van der Waals surface area contributed by atoms with Crippen molar-refractivity contribution in [3.8, 4) is 5.75 Å². The SMILES string of the molecule is COCCN1C(=O)C(=O)C(=C(O)c2ccc(OC)cc2)[C@@H]1c1ccc(I)cc1. The largest absolute Gasteiger partial charge is 0.507 e. The van der Waals surface area contributed by atoms with Gasteiger partial charge in [0.1, 0.15) is 11.5 Å². The van der Waals surface area contributed by atoms with E-state index in [1.165, 1.54) is 12.0 Å². The third-order valence-corrected chi connectivity index (χ3v) is 5.34. The molecule has 2 aromatic rings. The van der Waals surface area contributed by atoms with Gasteiger partial charge in [-0.3, -0.25) is 9.59 Å². The first-order chi connectivity index (χ1) is 13.5. The van der Waals surface area contributed by atoms with Crippen molar-refractivity contribution in [2.45, 2.75) is 6.04 Å². The maximum Gasteiger partial charge on any atom is 0.295 e. The number of ether oxygens (including phenoxy) is 2. The number of methoxy groups -OCH3 is 2. The Kier molecular flexibility index (Phi) is 6.35. The minimum atomic E-state index is -0.701. The Balaban J connectivity index is 2.12. The summed E-state index contributed by atoms with van der Waals surface area (Å²) in [5.74, 6) is -0.917. The number of halogens is 1. The van der Waals surface area contributed by atoms with Gasteiger partial charge in [-0.2, -0.15) is 0 Å². The molecular formula is C21H20INO5. The molecule has 2 aromatic carbocycles. The van der Waals surface area contributed by atoms with E-state index in [2.05, 4.69) is 22.6 Å². The van der Waals surface area contributed by atoms with E-state index in [1.807, 2.05) is 24.3 Å². The van der Waals surface area contributed by atoms with E-state index in [-0.39, 0.29) is 24.5 Å². The lowest BCUT2D eigenvalue weighted by Gasteiger charge is -2.25. The Bertz CT molecular complexity index is 905. The molecule has 1 aliphatic heterocycles. The van der Waals surface area contributed by atoms with Crippen LogP contribution >= 0.6 is 22.6 Å². The number of hydrogen-bond acceptors (Lipinski definition) is 5. The van der Waals surface area contributed by atoms with Crippen molar-refractivity contribution < 1.29 is 24.2 Å². The molecule has 28 heavy (non-hydrogen) atoms. The maximum absolute atomic E-state index is 12.8. The molecule has 1 atom stereocenters. The monoisotopic (exact) mass is 493 g/mol. The number of nitrogens with zero attached hydrogens (tertiary/aromatic N) is 1. The molecule has 7 heteroatoms. The summed E-state index contributed by atoms with van der Waals surface area (Å²) >= 11 is 2.19. The van der Waals surface area contributed by atoms with E-state index in [1.54, 1.807) is 31.4 Å². The van der Waals surface area contributed by atoms with Gasteiger partial charge in [-0.1, -0.05) is 12.1 Å². The van der Waals surface area contributed by atoms with E-state index >= 15 is 0 Å². The number of amides is 1. The molecular weight excluding hydrogens is 473 g/mol. The van der Waals surface area contributed by atoms with Crippen molar-refractivity contribution in [2.75, 3.05) is 27.4 Å². The summed E-state index contributed by atoms with van der Waals surface area (Å²) in [5, 5.41) is 10.9. The Morgan fingerprint density at radius 3 is 2.29 bits per heavy atom. The molecule has 146 valence electrons. The molecule has 0 aromatic heterocycles. The number of aliphatic hydroxyl groups is 1. The first-order valence-electron chi connectivity index (χ1n) is 8.65. The quantitative estimate of drug-likeness (QED) is 0.289. The number of benzene rings is 2. The molecule has 0 spiro atoms. The molecule has 1 heterocycles. The van der Waals surface area contributed by atoms with Crippen molar-refractivity contribution in [1.29, 1.82) is 0 Å². The topological polar surface area (TPSA) is 76.1 Å². The molecule has 1 aliphatic rings.